The summed E-state index contributed by atoms with van der Waals surface area (Å²) >= 11 is 0. The highest BCUT2D eigenvalue weighted by atomic mass is 19.1. The number of nitrogens with one attached hydrogen (secondary N) is 1. The van der Waals surface area contributed by atoms with Crippen LogP contribution in [0.4, 0.5) is 4.39 Å². The van der Waals surface area contributed by atoms with Gasteiger partial charge in [0.1, 0.15) is 11.6 Å². The van der Waals surface area contributed by atoms with Crippen LogP contribution in [0.1, 0.15) is 27.0 Å². The van der Waals surface area contributed by atoms with Crippen LogP contribution < -0.4 is 10.1 Å². The van der Waals surface area contributed by atoms with Crippen molar-refractivity contribution in [3.05, 3.63) is 101 Å². The quantitative estimate of drug-likeness (QED) is 0.608. The third kappa shape index (κ3) is 5.32. The van der Waals surface area contributed by atoms with Gasteiger partial charge in [-0.1, -0.05) is 48.5 Å². The lowest BCUT2D eigenvalue weighted by Crippen LogP contribution is -2.43. The first kappa shape index (κ1) is 21.2. The summed E-state index contributed by atoms with van der Waals surface area (Å²) in [7, 11) is 1.47. The van der Waals surface area contributed by atoms with E-state index < -0.39 is 11.9 Å². The number of carbonyl (C=O) groups excluding carboxylic acids is 2. The van der Waals surface area contributed by atoms with Crippen LogP contribution in [0.3, 0.4) is 0 Å². The number of hydrogen-bond acceptors (Lipinski definition) is 3. The predicted octanol–water partition coefficient (Wildman–Crippen LogP) is 4.30. The average molecular weight is 405 g/mol. The topological polar surface area (TPSA) is 55.4 Å². The third-order valence-corrected chi connectivity index (χ3v) is 4.97. The van der Waals surface area contributed by atoms with E-state index in [2.05, 4.69) is 5.32 Å². The molecule has 0 saturated heterocycles. The normalized spacial score (nSPS) is 11.6. The minimum Gasteiger partial charge on any atom is -0.496 e. The molecule has 1 amide bonds. The molecule has 154 valence electrons. The first-order chi connectivity index (χ1) is 14.5. The molecule has 0 saturated carbocycles. The zero-order valence-electron chi connectivity index (χ0n) is 17.0. The molecular weight excluding hydrogens is 381 g/mol. The predicted molar refractivity (Wildman–Crippen MR) is 114 cm³/mol. The number of rotatable bonds is 8. The molecule has 0 bridgehead atoms. The van der Waals surface area contributed by atoms with Crippen molar-refractivity contribution in [2.24, 2.45) is 0 Å². The second kappa shape index (κ2) is 9.83. The molecule has 0 radical (unpaired) electrons. The van der Waals surface area contributed by atoms with Gasteiger partial charge in [-0.05, 0) is 48.7 Å². The molecule has 0 fully saturated rings. The molecule has 0 spiro atoms. The van der Waals surface area contributed by atoms with Crippen LogP contribution >= 0.6 is 0 Å². The molecule has 3 aromatic rings. The Morgan fingerprint density at radius 3 is 2.40 bits per heavy atom. The largest absolute Gasteiger partial charge is 0.496 e. The van der Waals surface area contributed by atoms with Crippen LogP contribution in [0, 0.1) is 12.7 Å². The van der Waals surface area contributed by atoms with Gasteiger partial charge in [-0.2, -0.15) is 0 Å². The van der Waals surface area contributed by atoms with Gasteiger partial charge in [-0.25, -0.2) is 4.39 Å². The fraction of sp³-hybridized carbons (Fsp3) is 0.200. The van der Waals surface area contributed by atoms with Crippen molar-refractivity contribution in [3.63, 3.8) is 0 Å². The summed E-state index contributed by atoms with van der Waals surface area (Å²) in [4.78, 5) is 26.0. The standard InChI is InChI=1S/C25H24FNO3/c1-17-8-6-7-11-21(17)25(29)27-22(14-18-9-4-3-5-10-18)23(28)16-19-15-20(26)12-13-24(19)30-2/h3-13,15,22H,14,16H2,1-2H3,(H,27,29). The molecule has 0 heterocycles. The van der Waals surface area contributed by atoms with Crippen molar-refractivity contribution in [2.75, 3.05) is 7.11 Å². The van der Waals surface area contributed by atoms with Gasteiger partial charge in [0.15, 0.2) is 5.78 Å². The fourth-order valence-corrected chi connectivity index (χ4v) is 3.36. The van der Waals surface area contributed by atoms with E-state index in [1.54, 1.807) is 12.1 Å². The number of aryl methyl sites for hydroxylation is 1. The summed E-state index contributed by atoms with van der Waals surface area (Å²) in [6.45, 7) is 1.85. The van der Waals surface area contributed by atoms with Gasteiger partial charge in [0.05, 0.1) is 13.2 Å². The highest BCUT2D eigenvalue weighted by molar-refractivity contribution is 5.99. The van der Waals surface area contributed by atoms with Crippen molar-refractivity contribution >= 4 is 11.7 Å². The van der Waals surface area contributed by atoms with Gasteiger partial charge < -0.3 is 10.1 Å². The number of methoxy groups -OCH3 is 1. The van der Waals surface area contributed by atoms with E-state index in [1.807, 2.05) is 49.4 Å². The summed E-state index contributed by atoms with van der Waals surface area (Å²) < 4.78 is 19.0. The third-order valence-electron chi connectivity index (χ3n) is 4.97. The minimum atomic E-state index is -0.757. The van der Waals surface area contributed by atoms with Crippen LogP contribution in [0.2, 0.25) is 0 Å². The van der Waals surface area contributed by atoms with E-state index in [-0.39, 0.29) is 18.1 Å². The van der Waals surface area contributed by atoms with Gasteiger partial charge in [0.25, 0.3) is 5.91 Å². The summed E-state index contributed by atoms with van der Waals surface area (Å²) in [5.41, 5.74) is 2.72. The lowest BCUT2D eigenvalue weighted by Gasteiger charge is -2.19. The summed E-state index contributed by atoms with van der Waals surface area (Å²) in [5, 5.41) is 2.87. The van der Waals surface area contributed by atoms with Crippen LogP contribution in [0.15, 0.2) is 72.8 Å². The van der Waals surface area contributed by atoms with Crippen LogP contribution in [0.25, 0.3) is 0 Å². The van der Waals surface area contributed by atoms with E-state index in [4.69, 9.17) is 4.74 Å². The lowest BCUT2D eigenvalue weighted by atomic mass is 9.96. The average Bonchev–Trinajstić information content (AvgIpc) is 2.74. The maximum atomic E-state index is 13.7. The first-order valence-electron chi connectivity index (χ1n) is 9.73. The number of Topliss-reactive ketones (excluding diaryl/α,β-unsaturated/α-hetero) is 1. The Hall–Kier alpha value is -3.47. The maximum absolute atomic E-state index is 13.7. The molecule has 30 heavy (non-hydrogen) atoms. The molecule has 1 atom stereocenters. The number of halogens is 1. The second-order valence-corrected chi connectivity index (χ2v) is 7.13. The number of benzene rings is 3. The van der Waals surface area contributed by atoms with Gasteiger partial charge >= 0.3 is 0 Å². The fourth-order valence-electron chi connectivity index (χ4n) is 3.36. The number of carbonyl (C=O) groups is 2. The molecular formula is C25H24FNO3. The van der Waals surface area contributed by atoms with Crippen molar-refractivity contribution < 1.29 is 18.7 Å². The number of ether oxygens (including phenoxy) is 1. The second-order valence-electron chi connectivity index (χ2n) is 7.13. The SMILES string of the molecule is COc1ccc(F)cc1CC(=O)C(Cc1ccccc1)NC(=O)c1ccccc1C. The Morgan fingerprint density at radius 1 is 1.00 bits per heavy atom. The van der Waals surface area contributed by atoms with Crippen LogP contribution in [-0.2, 0) is 17.6 Å². The summed E-state index contributed by atoms with van der Waals surface area (Å²) in [6, 6.07) is 20.0. The molecule has 1 N–H and O–H groups in total. The minimum absolute atomic E-state index is 0.0491. The molecule has 0 aliphatic carbocycles. The Labute approximate surface area is 175 Å². The monoisotopic (exact) mass is 405 g/mol. The summed E-state index contributed by atoms with van der Waals surface area (Å²) in [6.07, 6.45) is 0.293. The van der Waals surface area contributed by atoms with Gasteiger partial charge in [-0.15, -0.1) is 0 Å². The Morgan fingerprint density at radius 2 is 1.70 bits per heavy atom. The molecule has 5 heteroatoms. The lowest BCUT2D eigenvalue weighted by molar-refractivity contribution is -0.120. The summed E-state index contributed by atoms with van der Waals surface area (Å²) in [5.74, 6) is -0.533. The highest BCUT2D eigenvalue weighted by Gasteiger charge is 2.24. The van der Waals surface area contributed by atoms with E-state index in [1.165, 1.54) is 25.3 Å². The van der Waals surface area contributed by atoms with Crippen LogP contribution in [0.5, 0.6) is 5.75 Å². The smallest absolute Gasteiger partial charge is 0.252 e. The molecule has 1 unspecified atom stereocenters. The molecule has 0 aliphatic heterocycles. The van der Waals surface area contributed by atoms with Crippen molar-refractivity contribution in [2.45, 2.75) is 25.8 Å². The van der Waals surface area contributed by atoms with E-state index in [0.717, 1.165) is 11.1 Å². The Balaban J connectivity index is 1.85. The molecule has 3 rings (SSSR count). The molecule has 4 nitrogen and oxygen atoms in total. The van der Waals surface area contributed by atoms with Gasteiger partial charge in [0, 0.05) is 17.5 Å². The van der Waals surface area contributed by atoms with Gasteiger partial charge in [-0.3, -0.25) is 9.59 Å². The molecule has 0 aliphatic rings. The van der Waals surface area contributed by atoms with Crippen molar-refractivity contribution in [1.29, 1.82) is 0 Å². The van der Waals surface area contributed by atoms with Crippen molar-refractivity contribution in [1.82, 2.24) is 5.32 Å². The zero-order valence-corrected chi connectivity index (χ0v) is 17.0. The Bertz CT molecular complexity index is 1030. The van der Waals surface area contributed by atoms with E-state index in [0.29, 0.717) is 23.3 Å². The van der Waals surface area contributed by atoms with Crippen molar-refractivity contribution in [3.8, 4) is 5.75 Å². The van der Waals surface area contributed by atoms with Gasteiger partial charge in [0.2, 0.25) is 0 Å². The zero-order chi connectivity index (χ0) is 21.5. The van der Waals surface area contributed by atoms with E-state index in [9.17, 15) is 14.0 Å². The van der Waals surface area contributed by atoms with Crippen LogP contribution in [-0.4, -0.2) is 24.8 Å². The highest BCUT2D eigenvalue weighted by Crippen LogP contribution is 2.21. The molecule has 0 aromatic heterocycles. The van der Waals surface area contributed by atoms with E-state index >= 15 is 0 Å². The Kier molecular flexibility index (Phi) is 6.96. The number of ketones is 1. The number of hydrogen-bond donors (Lipinski definition) is 1. The molecule has 3 aromatic carbocycles. The number of amides is 1. The maximum Gasteiger partial charge on any atom is 0.252 e. The first-order valence-corrected chi connectivity index (χ1v) is 9.73.